The normalized spacial score (nSPS) is 17.8. The Labute approximate surface area is 334 Å². The lowest BCUT2D eigenvalue weighted by Gasteiger charge is -2.18. The fourth-order valence-electron chi connectivity index (χ4n) is 8.08. The van der Waals surface area contributed by atoms with E-state index in [9.17, 15) is 19.2 Å². The third kappa shape index (κ3) is 8.88. The van der Waals surface area contributed by atoms with Crippen LogP contribution in [0.2, 0.25) is 0 Å². The second-order valence-electron chi connectivity index (χ2n) is 15.3. The summed E-state index contributed by atoms with van der Waals surface area (Å²) in [5.74, 6) is -0.772. The number of aryl methyl sites for hydroxylation is 2. The zero-order chi connectivity index (χ0) is 40.8. The number of thiocarbonyl (C=S) groups is 1. The minimum atomic E-state index is -0.479. The number of rotatable bonds is 15. The first-order chi connectivity index (χ1) is 26.7. The summed E-state index contributed by atoms with van der Waals surface area (Å²) in [5.41, 5.74) is 8.89. The molecule has 0 radical (unpaired) electrons. The van der Waals surface area contributed by atoms with E-state index in [1.54, 1.807) is 6.92 Å². The van der Waals surface area contributed by atoms with Crippen LogP contribution in [-0.4, -0.2) is 75.9 Å². The van der Waals surface area contributed by atoms with Gasteiger partial charge in [0.25, 0.3) is 12.4 Å². The molecule has 12 nitrogen and oxygen atoms in total. The molecule has 1 amide bonds. The molecule has 2 aliphatic rings. The highest BCUT2D eigenvalue weighted by atomic mass is 32.1. The maximum absolute atomic E-state index is 14.4. The summed E-state index contributed by atoms with van der Waals surface area (Å²) in [6.07, 6.45) is 2.49. The van der Waals surface area contributed by atoms with Crippen LogP contribution in [0.15, 0.2) is 18.2 Å². The average Bonchev–Trinajstić information content (AvgIpc) is 3.84. The molecule has 5 rings (SSSR count). The largest absolute Gasteiger partial charge is 0.469 e. The Morgan fingerprint density at radius 3 is 2.18 bits per heavy atom. The molecule has 5 heterocycles. The number of ketones is 1. The fourth-order valence-corrected chi connectivity index (χ4v) is 8.18. The Bertz CT molecular complexity index is 2170. The Kier molecular flexibility index (Phi) is 13.8. The van der Waals surface area contributed by atoms with E-state index in [2.05, 4.69) is 41.4 Å². The van der Waals surface area contributed by atoms with E-state index < -0.39 is 5.97 Å². The highest BCUT2D eigenvalue weighted by Gasteiger charge is 2.34. The van der Waals surface area contributed by atoms with Gasteiger partial charge in [0.2, 0.25) is 0 Å². The molecule has 0 fully saturated rings. The van der Waals surface area contributed by atoms with Crippen LogP contribution in [0.5, 0.6) is 0 Å². The van der Waals surface area contributed by atoms with Crippen LogP contribution in [0.25, 0.3) is 22.1 Å². The van der Waals surface area contributed by atoms with Crippen molar-refractivity contribution in [2.75, 3.05) is 26.8 Å². The summed E-state index contributed by atoms with van der Waals surface area (Å²) in [6.45, 7) is 17.5. The van der Waals surface area contributed by atoms with Crippen LogP contribution in [0, 0.1) is 19.8 Å². The van der Waals surface area contributed by atoms with E-state index in [4.69, 9.17) is 31.7 Å². The smallest absolute Gasteiger partial charge is 0.310 e. The first kappa shape index (κ1) is 42.2. The minimum Gasteiger partial charge on any atom is -0.469 e. The first-order valence-electron chi connectivity index (χ1n) is 19.7. The van der Waals surface area contributed by atoms with Gasteiger partial charge in [0, 0.05) is 81.9 Å². The number of H-pyrrole nitrogens is 2. The van der Waals surface area contributed by atoms with Crippen molar-refractivity contribution in [1.29, 1.82) is 0 Å². The number of aromatic amines is 2. The SMILES string of the molecule is CC[C@H]1c2cc3[nH]c(c(CC(=O)OC)c4nc(cc5[nH]c(cc(n2)[C@@H]1C)c(C(C)=O)c5C)[C@@H](C)[C@@H]4CCCOC=O)c(C(=O)NCCCNC(=S)C(C)C)c3C. The molecule has 0 saturated carbocycles. The number of nitrogens with zero attached hydrogens (tertiary/aromatic N) is 2. The summed E-state index contributed by atoms with van der Waals surface area (Å²) in [7, 11) is 1.34. The summed E-state index contributed by atoms with van der Waals surface area (Å²) in [4.78, 5) is 70.1. The van der Waals surface area contributed by atoms with Crippen molar-refractivity contribution in [3.63, 3.8) is 0 Å². The van der Waals surface area contributed by atoms with Gasteiger partial charge in [0.1, 0.15) is 0 Å². The third-order valence-electron chi connectivity index (χ3n) is 11.3. The van der Waals surface area contributed by atoms with Crippen molar-refractivity contribution in [3.8, 4) is 0 Å². The molecule has 3 aromatic rings. The molecule has 2 aliphatic heterocycles. The molecule has 56 heavy (non-hydrogen) atoms. The van der Waals surface area contributed by atoms with Crippen LogP contribution < -0.4 is 10.6 Å². The molecule has 4 N–H and O–H groups in total. The Balaban J connectivity index is 1.85. The van der Waals surface area contributed by atoms with Crippen molar-refractivity contribution in [2.45, 2.75) is 111 Å². The van der Waals surface area contributed by atoms with E-state index >= 15 is 0 Å². The summed E-state index contributed by atoms with van der Waals surface area (Å²) in [5, 5.41) is 6.38. The van der Waals surface area contributed by atoms with Crippen molar-refractivity contribution >= 4 is 63.4 Å². The summed E-state index contributed by atoms with van der Waals surface area (Å²) < 4.78 is 10.3. The van der Waals surface area contributed by atoms with Crippen LogP contribution in [-0.2, 0) is 25.5 Å². The standard InChI is InChI=1S/C43H56N6O6S/c1-10-28-23(4)31-20-36-38(27(8)51)25(6)33(47-36)18-32-24(5)29(13-11-16-55-21-50)40(48-32)30(17-37(52)54-9)41-39(26(7)34(49-41)19-35(28)46-31)42(53)44-14-12-15-45-43(56)22(2)3/h18-24,28-29,47,49H,10-17H2,1-9H3,(H,44,53)(H,45,56)/t23-,24+,28-,29+/m1/s1. The highest BCUT2D eigenvalue weighted by Crippen LogP contribution is 2.43. The number of carbonyl (C=O) groups excluding carboxylic acids is 4. The number of carbonyl (C=O) groups is 4. The van der Waals surface area contributed by atoms with Crippen molar-refractivity contribution < 1.29 is 28.7 Å². The number of methoxy groups -OCH3 is 1. The zero-order valence-corrected chi connectivity index (χ0v) is 34.9. The number of amides is 1. The van der Waals surface area contributed by atoms with Crippen LogP contribution in [0.3, 0.4) is 0 Å². The summed E-state index contributed by atoms with van der Waals surface area (Å²) in [6, 6.07) is 5.98. The van der Waals surface area contributed by atoms with Crippen LogP contribution in [0.1, 0.15) is 151 Å². The molecule has 0 spiro atoms. The van der Waals surface area contributed by atoms with Gasteiger partial charge >= 0.3 is 5.97 Å². The Morgan fingerprint density at radius 1 is 0.893 bits per heavy atom. The molecular formula is C43H56N6O6S. The number of esters is 1. The predicted molar refractivity (Wildman–Crippen MR) is 222 cm³/mol. The molecule has 0 aliphatic carbocycles. The fraction of sp³-hybridized carbons (Fsp3) is 0.512. The molecular weight excluding hydrogens is 729 g/mol. The Morgan fingerprint density at radius 2 is 1.52 bits per heavy atom. The maximum Gasteiger partial charge on any atom is 0.310 e. The van der Waals surface area contributed by atoms with Gasteiger partial charge in [-0.15, -0.1) is 0 Å². The highest BCUT2D eigenvalue weighted by molar-refractivity contribution is 7.80. The molecule has 0 saturated heterocycles. The summed E-state index contributed by atoms with van der Waals surface area (Å²) >= 11 is 5.42. The van der Waals surface area contributed by atoms with Crippen LogP contribution >= 0.6 is 12.2 Å². The van der Waals surface area contributed by atoms with Gasteiger partial charge in [-0.25, -0.2) is 0 Å². The van der Waals surface area contributed by atoms with E-state index in [1.807, 2.05) is 45.9 Å². The number of aromatic nitrogens is 4. The van der Waals surface area contributed by atoms with Gasteiger partial charge in [-0.05, 0) is 75.8 Å². The second kappa shape index (κ2) is 18.4. The number of fused-ring (bicyclic) bond motifs is 8. The van der Waals surface area contributed by atoms with E-state index in [0.29, 0.717) is 83.3 Å². The number of hydrogen-bond donors (Lipinski definition) is 4. The number of hydrogen-bond acceptors (Lipinski definition) is 9. The van der Waals surface area contributed by atoms with E-state index in [0.717, 1.165) is 39.6 Å². The topological polar surface area (TPSA) is 168 Å². The zero-order valence-electron chi connectivity index (χ0n) is 34.1. The average molecular weight is 785 g/mol. The van der Waals surface area contributed by atoms with Gasteiger partial charge in [0.15, 0.2) is 5.78 Å². The number of Topliss-reactive ketones (excluding diaryl/α,β-unsaturated/α-hetero) is 1. The van der Waals surface area contributed by atoms with Gasteiger partial charge in [-0.3, -0.25) is 29.1 Å². The lowest BCUT2D eigenvalue weighted by molar-refractivity contribution is -0.139. The first-order valence-corrected chi connectivity index (χ1v) is 20.1. The molecule has 4 atom stereocenters. The molecule has 8 bridgehead atoms. The van der Waals surface area contributed by atoms with E-state index in [-0.39, 0.29) is 54.3 Å². The van der Waals surface area contributed by atoms with Gasteiger partial charge in [-0.2, -0.15) is 0 Å². The van der Waals surface area contributed by atoms with Crippen molar-refractivity contribution in [2.24, 2.45) is 5.92 Å². The quantitative estimate of drug-likeness (QED) is 0.0395. The molecule has 0 unspecified atom stereocenters. The minimum absolute atomic E-state index is 0.0534. The van der Waals surface area contributed by atoms with E-state index in [1.165, 1.54) is 7.11 Å². The number of ether oxygens (including phenoxy) is 2. The second-order valence-corrected chi connectivity index (χ2v) is 15.8. The monoisotopic (exact) mass is 784 g/mol. The Hall–Kier alpha value is -4.91. The maximum atomic E-state index is 14.4. The lowest BCUT2D eigenvalue weighted by atomic mass is 9.85. The number of nitrogens with one attached hydrogen (secondary N) is 4. The molecule has 3 aromatic heterocycles. The van der Waals surface area contributed by atoms with Crippen LogP contribution in [0.4, 0.5) is 0 Å². The molecule has 13 heteroatoms. The van der Waals surface area contributed by atoms with Gasteiger partial charge in [-0.1, -0.05) is 46.8 Å². The van der Waals surface area contributed by atoms with Crippen molar-refractivity contribution in [1.82, 2.24) is 30.6 Å². The third-order valence-corrected chi connectivity index (χ3v) is 12.0. The van der Waals surface area contributed by atoms with Gasteiger partial charge < -0.3 is 30.1 Å². The molecule has 0 aromatic carbocycles. The lowest BCUT2D eigenvalue weighted by Crippen LogP contribution is -2.31. The predicted octanol–water partition coefficient (Wildman–Crippen LogP) is 7.68. The molecule has 300 valence electrons. The van der Waals surface area contributed by atoms with Crippen molar-refractivity contribution in [3.05, 3.63) is 68.8 Å². The van der Waals surface area contributed by atoms with Gasteiger partial charge in [0.05, 0.1) is 47.4 Å².